The predicted octanol–water partition coefficient (Wildman–Crippen LogP) is 3.98. The average molecular weight is 1090 g/mol. The highest BCUT2D eigenvalue weighted by Crippen LogP contribution is 2.26. The molecule has 78 heavy (non-hydrogen) atoms. The summed E-state index contributed by atoms with van der Waals surface area (Å²) in [5.41, 5.74) is 1.42. The van der Waals surface area contributed by atoms with Crippen LogP contribution in [-0.4, -0.2) is 178 Å². The molecule has 2 aromatic carbocycles. The molecule has 2 aliphatic heterocycles. The van der Waals surface area contributed by atoms with Crippen LogP contribution in [-0.2, 0) is 60.7 Å². The van der Waals surface area contributed by atoms with Crippen molar-refractivity contribution in [1.29, 1.82) is 0 Å². The molecule has 4 rings (SSSR count). The monoisotopic (exact) mass is 1090 g/mol. The molecule has 19 heteroatoms. The first-order valence-electron chi connectivity index (χ1n) is 27.9. The first kappa shape index (κ1) is 64.2. The lowest BCUT2D eigenvalue weighted by Crippen LogP contribution is -2.62. The Morgan fingerprint density at radius 1 is 0.551 bits per heavy atom. The Morgan fingerprint density at radius 2 is 1.03 bits per heavy atom. The molecule has 2 heterocycles. The van der Waals surface area contributed by atoms with Gasteiger partial charge in [0.05, 0.1) is 6.10 Å². The highest BCUT2D eigenvalue weighted by Gasteiger charge is 2.46. The molecule has 0 saturated carbocycles. The van der Waals surface area contributed by atoms with Crippen molar-refractivity contribution < 1.29 is 53.0 Å². The second-order valence-corrected chi connectivity index (χ2v) is 22.8. The maximum absolute atomic E-state index is 15.3. The summed E-state index contributed by atoms with van der Waals surface area (Å²) in [6.07, 6.45) is -1.39. The predicted molar refractivity (Wildman–Crippen MR) is 297 cm³/mol. The van der Waals surface area contributed by atoms with Crippen LogP contribution in [0.3, 0.4) is 0 Å². The number of ether oxygens (including phenoxy) is 1. The molecule has 0 aromatic heterocycles. The van der Waals surface area contributed by atoms with E-state index in [1.165, 1.54) is 54.7 Å². The molecular weight excluding hydrogens is 997 g/mol. The summed E-state index contributed by atoms with van der Waals surface area (Å²) in [7, 11) is 5.66. The number of fused-ring (bicyclic) bond motifs is 1. The van der Waals surface area contributed by atoms with E-state index in [1.54, 1.807) is 72.7 Å². The van der Waals surface area contributed by atoms with Gasteiger partial charge < -0.3 is 50.3 Å². The van der Waals surface area contributed by atoms with Gasteiger partial charge in [-0.3, -0.25) is 38.4 Å². The number of hydrogen-bond acceptors (Lipinski definition) is 11. The Morgan fingerprint density at radius 3 is 1.51 bits per heavy atom. The number of aliphatic hydroxyl groups excluding tert-OH is 1. The van der Waals surface area contributed by atoms with Crippen molar-refractivity contribution in [2.75, 3.05) is 34.7 Å². The topological polar surface area (TPSA) is 235 Å². The van der Waals surface area contributed by atoms with Crippen molar-refractivity contribution in [3.8, 4) is 0 Å². The largest absolute Gasteiger partial charge is 0.450 e. The summed E-state index contributed by atoms with van der Waals surface area (Å²) in [4.78, 5) is 140. The third-order valence-corrected chi connectivity index (χ3v) is 15.6. The number of esters is 1. The molecule has 12 atom stereocenters. The van der Waals surface area contributed by atoms with Gasteiger partial charge in [-0.25, -0.2) is 4.79 Å². The number of carbonyl (C=O) groups is 9. The van der Waals surface area contributed by atoms with Crippen LogP contribution in [0.25, 0.3) is 0 Å². The number of likely N-dealkylation sites (N-methyl/N-ethyl adjacent to an activating group) is 4. The van der Waals surface area contributed by atoms with Gasteiger partial charge in [0, 0.05) is 53.5 Å². The van der Waals surface area contributed by atoms with Gasteiger partial charge in [0.25, 0.3) is 5.91 Å². The van der Waals surface area contributed by atoms with Crippen LogP contribution in [0, 0.1) is 29.6 Å². The minimum atomic E-state index is -1.67. The quantitative estimate of drug-likeness (QED) is 0.210. The van der Waals surface area contributed by atoms with Crippen LogP contribution >= 0.6 is 0 Å². The average Bonchev–Trinajstić information content (AvgIpc) is 3.91. The Bertz CT molecular complexity index is 2380. The minimum Gasteiger partial charge on any atom is -0.450 e. The Kier molecular flexibility index (Phi) is 23.9. The first-order valence-corrected chi connectivity index (χ1v) is 27.9. The first-order chi connectivity index (χ1) is 36.7. The van der Waals surface area contributed by atoms with Crippen LogP contribution in [0.4, 0.5) is 0 Å². The van der Waals surface area contributed by atoms with Gasteiger partial charge in [0.1, 0.15) is 42.3 Å². The maximum atomic E-state index is 15.3. The van der Waals surface area contributed by atoms with Crippen molar-refractivity contribution in [2.45, 2.75) is 182 Å². The molecule has 0 bridgehead atoms. The van der Waals surface area contributed by atoms with Gasteiger partial charge in [-0.1, -0.05) is 136 Å². The van der Waals surface area contributed by atoms with E-state index in [0.29, 0.717) is 24.8 Å². The van der Waals surface area contributed by atoms with Crippen LogP contribution in [0.1, 0.15) is 119 Å². The summed E-state index contributed by atoms with van der Waals surface area (Å²) in [5, 5.41) is 20.0. The van der Waals surface area contributed by atoms with E-state index < -0.39 is 137 Å². The van der Waals surface area contributed by atoms with Gasteiger partial charge in [0.2, 0.25) is 41.4 Å². The Hall–Kier alpha value is -6.37. The Labute approximate surface area is 462 Å². The molecule has 2 fully saturated rings. The van der Waals surface area contributed by atoms with Crippen molar-refractivity contribution in [3.63, 3.8) is 0 Å². The van der Waals surface area contributed by atoms with Crippen molar-refractivity contribution in [2.24, 2.45) is 29.6 Å². The zero-order valence-corrected chi connectivity index (χ0v) is 48.9. The molecule has 4 N–H and O–H groups in total. The van der Waals surface area contributed by atoms with Crippen molar-refractivity contribution >= 4 is 53.2 Å². The fourth-order valence-corrected chi connectivity index (χ4v) is 10.7. The van der Waals surface area contributed by atoms with E-state index in [0.717, 1.165) is 10.5 Å². The molecule has 2 aromatic rings. The van der Waals surface area contributed by atoms with Gasteiger partial charge in [-0.15, -0.1) is 0 Å². The van der Waals surface area contributed by atoms with Gasteiger partial charge >= 0.3 is 5.97 Å². The molecule has 8 amide bonds. The standard InChI is InChI=1S/C59H90N8O11/c1-16-37(9)46-57(75)64(13)47(35(5)6)52(70)60-42(31-34(3)4)55(73)66(15)49(39(11)68)59(77)78-50(38(10)17-2)58(76)65(14)48(36(7)8)53(71)61-43(32-40-25-20-18-21-26-40)54(72)63(12)45(33-41-27-22-19-23-28-41)56(74)67-30-24-29-44(67)51(69)62-46/h18-23,25-28,34-39,42-50,68H,16-17,24,29-33H2,1-15H3,(H,60,70)(H,61,71)(H,62,69)/t37-,38-,39-,42-,43-,44?,45-,46-,47-,48-,49-,50+/m0/s1. The third kappa shape index (κ3) is 15.9. The van der Waals surface area contributed by atoms with Gasteiger partial charge in [-0.05, 0) is 67.4 Å². The highest BCUT2D eigenvalue weighted by atomic mass is 16.6. The number of cyclic esters (lactones) is 1. The van der Waals surface area contributed by atoms with E-state index in [9.17, 15) is 38.7 Å². The van der Waals surface area contributed by atoms with Crippen molar-refractivity contribution in [3.05, 3.63) is 71.8 Å². The van der Waals surface area contributed by atoms with E-state index in [2.05, 4.69) is 16.0 Å². The molecule has 1 unspecified atom stereocenters. The van der Waals surface area contributed by atoms with Crippen LogP contribution in [0.2, 0.25) is 0 Å². The molecular formula is C59H90N8O11. The summed E-state index contributed by atoms with van der Waals surface area (Å²) in [6.45, 7) is 19.3. The van der Waals surface area contributed by atoms with Gasteiger partial charge in [-0.2, -0.15) is 0 Å². The fraction of sp³-hybridized carbons (Fsp3) is 0.644. The Balaban J connectivity index is 1.96. The van der Waals surface area contributed by atoms with E-state index in [1.807, 2.05) is 57.2 Å². The number of carbonyl (C=O) groups excluding carboxylic acids is 9. The number of benzene rings is 2. The fourth-order valence-electron chi connectivity index (χ4n) is 10.7. The van der Waals surface area contributed by atoms with Crippen molar-refractivity contribution in [1.82, 2.24) is 40.4 Å². The number of aliphatic hydroxyl groups is 1. The highest BCUT2D eigenvalue weighted by molar-refractivity contribution is 5.99. The smallest absolute Gasteiger partial charge is 0.332 e. The zero-order valence-electron chi connectivity index (χ0n) is 48.9. The van der Waals surface area contributed by atoms with Crippen LogP contribution in [0.5, 0.6) is 0 Å². The molecule has 2 saturated heterocycles. The second-order valence-electron chi connectivity index (χ2n) is 22.8. The van der Waals surface area contributed by atoms with Crippen LogP contribution < -0.4 is 16.0 Å². The van der Waals surface area contributed by atoms with E-state index in [4.69, 9.17) is 4.74 Å². The molecule has 0 aliphatic carbocycles. The van der Waals surface area contributed by atoms with Gasteiger partial charge in [0.15, 0.2) is 12.1 Å². The SMILES string of the molecule is CC[C@H](C)[C@@H]1NC(=O)C2CCCN2C(=O)[C@H](Cc2ccccc2)N(C)C(=O)[C@H](Cc2ccccc2)NC(=O)[C@H](C(C)C)N(C)C(=O)[C@@H]([C@@H](C)CC)OC(=O)[C@H]([C@H](C)O)N(C)C(=O)[C@H](CC(C)C)NC(=O)[C@H](C(C)C)N(C)C1=O. The minimum absolute atomic E-state index is 0.00438. The van der Waals surface area contributed by atoms with E-state index in [-0.39, 0.29) is 38.1 Å². The van der Waals surface area contributed by atoms with E-state index >= 15 is 9.59 Å². The summed E-state index contributed by atoms with van der Waals surface area (Å²) in [6, 6.07) is 8.20. The number of nitrogens with zero attached hydrogens (tertiary/aromatic N) is 5. The lowest BCUT2D eigenvalue weighted by Gasteiger charge is -2.37. The molecule has 0 radical (unpaired) electrons. The number of rotatable bonds is 13. The van der Waals surface area contributed by atoms with Crippen LogP contribution in [0.15, 0.2) is 60.7 Å². The lowest BCUT2D eigenvalue weighted by molar-refractivity contribution is -0.173. The summed E-state index contributed by atoms with van der Waals surface area (Å²) in [5.74, 6) is -8.58. The number of hydrogen-bond donors (Lipinski definition) is 4. The number of amides is 8. The molecule has 0 spiro atoms. The summed E-state index contributed by atoms with van der Waals surface area (Å²) < 4.78 is 6.03. The number of nitrogens with one attached hydrogen (secondary N) is 3. The third-order valence-electron chi connectivity index (χ3n) is 15.6. The zero-order chi connectivity index (χ0) is 58.5. The summed E-state index contributed by atoms with van der Waals surface area (Å²) >= 11 is 0. The molecule has 2 aliphatic rings. The lowest BCUT2D eigenvalue weighted by atomic mass is 9.94. The molecule has 432 valence electrons. The molecule has 19 nitrogen and oxygen atoms in total. The normalized spacial score (nSPS) is 26.9. The maximum Gasteiger partial charge on any atom is 0.332 e. The second kappa shape index (κ2) is 29.0.